The van der Waals surface area contributed by atoms with E-state index in [1.807, 2.05) is 0 Å². The molecule has 0 spiro atoms. The first-order chi connectivity index (χ1) is 15.3. The molecule has 1 unspecified atom stereocenters. The molecule has 0 aliphatic heterocycles. The van der Waals surface area contributed by atoms with E-state index in [0.717, 1.165) is 31.5 Å². The second kappa shape index (κ2) is 9.21. The van der Waals surface area contributed by atoms with Crippen molar-refractivity contribution in [1.82, 2.24) is 4.98 Å². The van der Waals surface area contributed by atoms with Gasteiger partial charge in [0.25, 0.3) is 10.0 Å². The fourth-order valence-corrected chi connectivity index (χ4v) is 4.55. The number of carbonyl (C=O) groups excluding carboxylic acids is 1. The normalized spacial score (nSPS) is 21.5. The van der Waals surface area contributed by atoms with Crippen LogP contribution in [-0.4, -0.2) is 32.6 Å². The fraction of sp³-hybridized carbons (Fsp3) is 0.400. The lowest BCUT2D eigenvalue weighted by atomic mass is 9.70. The van der Waals surface area contributed by atoms with Crippen molar-refractivity contribution in [2.45, 2.75) is 36.4 Å². The van der Waals surface area contributed by atoms with Crippen molar-refractivity contribution in [3.63, 3.8) is 0 Å². The number of hydrogen-bond acceptors (Lipinski definition) is 5. The number of benzene rings is 1. The molecule has 1 aliphatic rings. The van der Waals surface area contributed by atoms with Gasteiger partial charge in [-0.25, -0.2) is 22.9 Å². The van der Waals surface area contributed by atoms with Crippen LogP contribution in [0.4, 0.5) is 27.6 Å². The number of primary sulfonamides is 1. The third-order valence-corrected chi connectivity index (χ3v) is 6.43. The first-order valence-corrected chi connectivity index (χ1v) is 11.3. The van der Waals surface area contributed by atoms with Crippen LogP contribution in [0.1, 0.15) is 30.7 Å². The molecule has 1 amide bonds. The minimum atomic E-state index is -4.54. The highest BCUT2D eigenvalue weighted by atomic mass is 32.2. The number of pyridine rings is 1. The summed E-state index contributed by atoms with van der Waals surface area (Å²) in [5.41, 5.74) is -0.0570. The van der Waals surface area contributed by atoms with Gasteiger partial charge in [0.15, 0.2) is 16.6 Å². The average Bonchev–Trinajstić information content (AvgIpc) is 2.74. The average molecular weight is 493 g/mol. The minimum absolute atomic E-state index is 0.00738. The molecule has 3 N–H and O–H groups in total. The van der Waals surface area contributed by atoms with Gasteiger partial charge in [-0.1, -0.05) is 6.07 Å². The zero-order chi connectivity index (χ0) is 24.6. The molecule has 7 nitrogen and oxygen atoms in total. The maximum absolute atomic E-state index is 14.3. The van der Waals surface area contributed by atoms with Crippen LogP contribution >= 0.6 is 0 Å². The highest BCUT2D eigenvalue weighted by molar-refractivity contribution is 7.89. The SMILES string of the molecule is COc1c(C2C[C@@H](C(F)(F)F)CC[C@H]2C(=O)Nc2ccnc(S(N)(=O)=O)c2)ccc(F)c1F. The molecule has 1 aliphatic carbocycles. The van der Waals surface area contributed by atoms with E-state index >= 15 is 0 Å². The highest BCUT2D eigenvalue weighted by Gasteiger charge is 2.47. The number of aromatic nitrogens is 1. The van der Waals surface area contributed by atoms with Crippen molar-refractivity contribution in [2.75, 3.05) is 12.4 Å². The Morgan fingerprint density at radius 3 is 2.52 bits per heavy atom. The predicted molar refractivity (Wildman–Crippen MR) is 107 cm³/mol. The molecule has 1 heterocycles. The summed E-state index contributed by atoms with van der Waals surface area (Å²) in [5.74, 6) is -7.86. The van der Waals surface area contributed by atoms with Crippen molar-refractivity contribution in [1.29, 1.82) is 0 Å². The zero-order valence-electron chi connectivity index (χ0n) is 17.2. The van der Waals surface area contributed by atoms with Crippen molar-refractivity contribution in [3.8, 4) is 5.75 Å². The highest BCUT2D eigenvalue weighted by Crippen LogP contribution is 2.49. The molecule has 33 heavy (non-hydrogen) atoms. The van der Waals surface area contributed by atoms with E-state index in [0.29, 0.717) is 0 Å². The second-order valence-corrected chi connectivity index (χ2v) is 9.17. The van der Waals surface area contributed by atoms with Crippen LogP contribution in [0.25, 0.3) is 0 Å². The van der Waals surface area contributed by atoms with Crippen LogP contribution in [-0.2, 0) is 14.8 Å². The zero-order valence-corrected chi connectivity index (χ0v) is 18.0. The Kier molecular flexibility index (Phi) is 6.93. The lowest BCUT2D eigenvalue weighted by Crippen LogP contribution is -2.37. The molecule has 1 saturated carbocycles. The molecule has 1 aromatic heterocycles. The first-order valence-electron chi connectivity index (χ1n) is 9.71. The van der Waals surface area contributed by atoms with Gasteiger partial charge in [0, 0.05) is 29.4 Å². The van der Waals surface area contributed by atoms with Gasteiger partial charge in [-0.2, -0.15) is 17.6 Å². The van der Waals surface area contributed by atoms with E-state index in [1.165, 1.54) is 6.07 Å². The van der Waals surface area contributed by atoms with Gasteiger partial charge >= 0.3 is 6.18 Å². The summed E-state index contributed by atoms with van der Waals surface area (Å²) in [6.45, 7) is 0. The summed E-state index contributed by atoms with van der Waals surface area (Å²) in [7, 11) is -3.11. The number of carbonyl (C=O) groups is 1. The third kappa shape index (κ3) is 5.41. The summed E-state index contributed by atoms with van der Waals surface area (Å²) < 4.78 is 96.2. The van der Waals surface area contributed by atoms with Gasteiger partial charge in [0.2, 0.25) is 11.7 Å². The van der Waals surface area contributed by atoms with Gasteiger partial charge in [0.05, 0.1) is 13.0 Å². The standard InChI is InChI=1S/C20H20F5N3O4S/c1-32-18-12(4-5-15(21)17(18)22)14-8-10(20(23,24)25)2-3-13(14)19(29)28-11-6-7-27-16(9-11)33(26,30)31/h4-7,9-10,13-14H,2-3,8H2,1H3,(H2,26,30,31)(H,27,28,29)/t10-,13+,14?/m0/s1. The van der Waals surface area contributed by atoms with Gasteiger partial charge in [-0.15, -0.1) is 0 Å². The van der Waals surface area contributed by atoms with Gasteiger partial charge < -0.3 is 10.1 Å². The molecule has 180 valence electrons. The number of amides is 1. The molecular weight excluding hydrogens is 473 g/mol. The summed E-state index contributed by atoms with van der Waals surface area (Å²) >= 11 is 0. The molecule has 2 aromatic rings. The van der Waals surface area contributed by atoms with Crippen LogP contribution in [0.15, 0.2) is 35.5 Å². The Labute approximate surface area is 186 Å². The minimum Gasteiger partial charge on any atom is -0.493 e. The molecule has 1 fully saturated rings. The van der Waals surface area contributed by atoms with Gasteiger partial charge in [-0.3, -0.25) is 4.79 Å². The van der Waals surface area contributed by atoms with E-state index in [9.17, 15) is 35.2 Å². The van der Waals surface area contributed by atoms with Crippen LogP contribution in [0.2, 0.25) is 0 Å². The number of halogens is 5. The lowest BCUT2D eigenvalue weighted by Gasteiger charge is -2.37. The maximum atomic E-state index is 14.3. The number of sulfonamides is 1. The summed E-state index contributed by atoms with van der Waals surface area (Å²) in [4.78, 5) is 16.6. The van der Waals surface area contributed by atoms with E-state index in [-0.39, 0.29) is 24.1 Å². The third-order valence-electron chi connectivity index (χ3n) is 5.63. The maximum Gasteiger partial charge on any atom is 0.391 e. The Bertz CT molecular complexity index is 1160. The van der Waals surface area contributed by atoms with Crippen LogP contribution in [0, 0.1) is 23.5 Å². The smallest absolute Gasteiger partial charge is 0.391 e. The predicted octanol–water partition coefficient (Wildman–Crippen LogP) is 3.72. The molecule has 0 radical (unpaired) electrons. The topological polar surface area (TPSA) is 111 Å². The number of methoxy groups -OCH3 is 1. The Morgan fingerprint density at radius 1 is 1.21 bits per heavy atom. The van der Waals surface area contributed by atoms with Crippen molar-refractivity contribution in [2.24, 2.45) is 17.0 Å². The Morgan fingerprint density at radius 2 is 1.91 bits per heavy atom. The molecule has 3 atom stereocenters. The molecule has 0 bridgehead atoms. The van der Waals surface area contributed by atoms with Crippen molar-refractivity contribution < 1.29 is 39.9 Å². The number of rotatable bonds is 5. The lowest BCUT2D eigenvalue weighted by molar-refractivity contribution is -0.186. The Hall–Kier alpha value is -2.80. The second-order valence-electron chi connectivity index (χ2n) is 7.67. The van der Waals surface area contributed by atoms with Crippen LogP contribution < -0.4 is 15.2 Å². The van der Waals surface area contributed by atoms with E-state index < -0.39 is 68.7 Å². The summed E-state index contributed by atoms with van der Waals surface area (Å²) in [6, 6.07) is 4.15. The van der Waals surface area contributed by atoms with E-state index in [4.69, 9.17) is 9.88 Å². The Balaban J connectivity index is 1.97. The van der Waals surface area contributed by atoms with Gasteiger partial charge in [0.1, 0.15) is 0 Å². The van der Waals surface area contributed by atoms with E-state index in [1.54, 1.807) is 0 Å². The number of ether oxygens (including phenoxy) is 1. The summed E-state index contributed by atoms with van der Waals surface area (Å²) in [5, 5.41) is 6.96. The number of anilines is 1. The monoisotopic (exact) mass is 493 g/mol. The first kappa shape index (κ1) is 24.8. The molecule has 1 aromatic carbocycles. The largest absolute Gasteiger partial charge is 0.493 e. The fourth-order valence-electron chi connectivity index (χ4n) is 4.05. The van der Waals surface area contributed by atoms with Crippen molar-refractivity contribution in [3.05, 3.63) is 47.7 Å². The quantitative estimate of drug-likeness (QED) is 0.617. The summed E-state index contributed by atoms with van der Waals surface area (Å²) in [6.07, 6.45) is -4.53. The van der Waals surface area contributed by atoms with Gasteiger partial charge in [-0.05, 0) is 37.3 Å². The van der Waals surface area contributed by atoms with Crippen molar-refractivity contribution >= 4 is 21.6 Å². The number of nitrogens with one attached hydrogen (secondary N) is 1. The number of nitrogens with zero attached hydrogens (tertiary/aromatic N) is 1. The molecule has 0 saturated heterocycles. The molecule has 3 rings (SSSR count). The van der Waals surface area contributed by atoms with E-state index in [2.05, 4.69) is 10.3 Å². The van der Waals surface area contributed by atoms with Crippen LogP contribution in [0.5, 0.6) is 5.75 Å². The van der Waals surface area contributed by atoms with Crippen LogP contribution in [0.3, 0.4) is 0 Å². The number of nitrogens with two attached hydrogens (primary N) is 1. The molecular formula is C20H20F5N3O4S. The molecule has 13 heteroatoms. The number of hydrogen-bond donors (Lipinski definition) is 2. The number of alkyl halides is 3.